The summed E-state index contributed by atoms with van der Waals surface area (Å²) in [5.74, 6) is -0.181. The van der Waals surface area contributed by atoms with Crippen LogP contribution >= 0.6 is 11.6 Å². The highest BCUT2D eigenvalue weighted by Gasteiger charge is 2.20. The molecule has 2 aromatic rings. The molecule has 0 bridgehead atoms. The van der Waals surface area contributed by atoms with E-state index in [1.807, 2.05) is 0 Å². The maximum absolute atomic E-state index is 12.4. The molecule has 1 aromatic heterocycles. The topological polar surface area (TPSA) is 107 Å². The van der Waals surface area contributed by atoms with Gasteiger partial charge in [-0.25, -0.2) is 13.4 Å². The summed E-state index contributed by atoms with van der Waals surface area (Å²) in [5.41, 5.74) is 1.01. The van der Waals surface area contributed by atoms with Gasteiger partial charge in [-0.15, -0.1) is 0 Å². The van der Waals surface area contributed by atoms with E-state index in [1.165, 1.54) is 18.3 Å². The average Bonchev–Trinajstić information content (AvgIpc) is 3.08. The van der Waals surface area contributed by atoms with Gasteiger partial charge in [-0.05, 0) is 24.3 Å². The van der Waals surface area contributed by atoms with E-state index < -0.39 is 15.9 Å². The molecular formula is C17H18ClN3O5S. The van der Waals surface area contributed by atoms with Crippen molar-refractivity contribution in [2.45, 2.75) is 12.5 Å². The fourth-order valence-corrected chi connectivity index (χ4v) is 3.24. The Morgan fingerprint density at radius 2 is 2.11 bits per heavy atom. The number of anilines is 2. The maximum atomic E-state index is 12.4. The number of nitrogens with one attached hydrogen (secondary N) is 2. The zero-order valence-electron chi connectivity index (χ0n) is 14.4. The molecule has 0 spiro atoms. The average molecular weight is 412 g/mol. The minimum Gasteiger partial charge on any atom is -0.471 e. The third-order valence-corrected chi connectivity index (χ3v) is 4.54. The Bertz CT molecular complexity index is 945. The molecule has 3 rings (SSSR count). The van der Waals surface area contributed by atoms with Gasteiger partial charge in [-0.2, -0.15) is 0 Å². The minimum atomic E-state index is -3.41. The molecule has 27 heavy (non-hydrogen) atoms. The second-order valence-electron chi connectivity index (χ2n) is 6.02. The second kappa shape index (κ2) is 8.12. The third-order valence-electron chi connectivity index (χ3n) is 3.66. The largest absolute Gasteiger partial charge is 0.471 e. The molecule has 1 saturated heterocycles. The van der Waals surface area contributed by atoms with Gasteiger partial charge in [0.05, 0.1) is 30.7 Å². The van der Waals surface area contributed by atoms with Gasteiger partial charge in [0.15, 0.2) is 0 Å². The number of halogens is 1. The van der Waals surface area contributed by atoms with Crippen molar-refractivity contribution in [3.8, 4) is 5.88 Å². The van der Waals surface area contributed by atoms with Crippen LogP contribution in [0.3, 0.4) is 0 Å². The van der Waals surface area contributed by atoms with Gasteiger partial charge >= 0.3 is 0 Å². The number of hydrogen-bond acceptors (Lipinski definition) is 6. The molecule has 1 aromatic carbocycles. The van der Waals surface area contributed by atoms with Gasteiger partial charge in [-0.3, -0.25) is 9.52 Å². The number of benzene rings is 1. The summed E-state index contributed by atoms with van der Waals surface area (Å²) in [5, 5.41) is 2.90. The number of ether oxygens (including phenoxy) is 2. The molecule has 1 aliphatic heterocycles. The lowest BCUT2D eigenvalue weighted by molar-refractivity contribution is 0.102. The Morgan fingerprint density at radius 3 is 2.78 bits per heavy atom. The number of aromatic nitrogens is 1. The molecule has 1 atom stereocenters. The Hall–Kier alpha value is -2.36. The standard InChI is InChI=1S/C17H18ClN3O5S/c1-27(23,24)21-13-4-2-3-12(8-13)20-16(22)11-7-15(18)17(19-9-11)26-14-5-6-25-10-14/h2-4,7-9,14,21H,5-6,10H2,1H3,(H,20,22). The highest BCUT2D eigenvalue weighted by molar-refractivity contribution is 7.92. The summed E-state index contributed by atoms with van der Waals surface area (Å²) in [6.45, 7) is 1.12. The number of amides is 1. The summed E-state index contributed by atoms with van der Waals surface area (Å²) in [6.07, 6.45) is 3.08. The van der Waals surface area contributed by atoms with Crippen LogP contribution in [0.4, 0.5) is 11.4 Å². The van der Waals surface area contributed by atoms with Crippen LogP contribution in [0.5, 0.6) is 5.88 Å². The van der Waals surface area contributed by atoms with Crippen molar-refractivity contribution in [1.82, 2.24) is 4.98 Å². The quantitative estimate of drug-likeness (QED) is 0.756. The Balaban J connectivity index is 1.69. The van der Waals surface area contributed by atoms with Crippen molar-refractivity contribution < 1.29 is 22.7 Å². The van der Waals surface area contributed by atoms with Gasteiger partial charge in [0.2, 0.25) is 15.9 Å². The van der Waals surface area contributed by atoms with Crippen LogP contribution in [0.2, 0.25) is 5.02 Å². The molecule has 0 saturated carbocycles. The van der Waals surface area contributed by atoms with Gasteiger partial charge in [0.1, 0.15) is 11.1 Å². The van der Waals surface area contributed by atoms with Crippen LogP contribution in [0.15, 0.2) is 36.5 Å². The van der Waals surface area contributed by atoms with E-state index in [4.69, 9.17) is 21.1 Å². The summed E-state index contributed by atoms with van der Waals surface area (Å²) in [7, 11) is -3.41. The molecule has 144 valence electrons. The van der Waals surface area contributed by atoms with E-state index in [0.29, 0.717) is 24.6 Å². The van der Waals surface area contributed by atoms with Crippen molar-refractivity contribution in [2.24, 2.45) is 0 Å². The first-order valence-electron chi connectivity index (χ1n) is 8.09. The third kappa shape index (κ3) is 5.56. The van der Waals surface area contributed by atoms with Crippen molar-refractivity contribution in [3.63, 3.8) is 0 Å². The highest BCUT2D eigenvalue weighted by atomic mass is 35.5. The van der Waals surface area contributed by atoms with Crippen molar-refractivity contribution in [1.29, 1.82) is 0 Å². The smallest absolute Gasteiger partial charge is 0.257 e. The summed E-state index contributed by atoms with van der Waals surface area (Å²) < 4.78 is 35.9. The Kier molecular flexibility index (Phi) is 5.83. The Labute approximate surface area is 161 Å². The monoisotopic (exact) mass is 411 g/mol. The van der Waals surface area contributed by atoms with Crippen LogP contribution in [-0.4, -0.2) is 44.9 Å². The maximum Gasteiger partial charge on any atom is 0.257 e. The second-order valence-corrected chi connectivity index (χ2v) is 8.18. The fraction of sp³-hybridized carbons (Fsp3) is 0.294. The van der Waals surface area contributed by atoms with Crippen LogP contribution in [0.25, 0.3) is 0 Å². The van der Waals surface area contributed by atoms with Crippen molar-refractivity contribution >= 4 is 38.9 Å². The summed E-state index contributed by atoms with van der Waals surface area (Å²) in [4.78, 5) is 16.5. The lowest BCUT2D eigenvalue weighted by atomic mass is 10.2. The van der Waals surface area contributed by atoms with Gasteiger partial charge in [0.25, 0.3) is 5.91 Å². The molecule has 1 unspecified atom stereocenters. The van der Waals surface area contributed by atoms with Crippen LogP contribution in [-0.2, 0) is 14.8 Å². The van der Waals surface area contributed by atoms with E-state index in [1.54, 1.807) is 18.2 Å². The number of carbonyl (C=O) groups excluding carboxylic acids is 1. The van der Waals surface area contributed by atoms with E-state index >= 15 is 0 Å². The molecule has 8 nitrogen and oxygen atoms in total. The normalized spacial score (nSPS) is 16.7. The number of carbonyl (C=O) groups is 1. The molecule has 0 radical (unpaired) electrons. The number of pyridine rings is 1. The molecule has 0 aliphatic carbocycles. The van der Waals surface area contributed by atoms with Crippen LogP contribution < -0.4 is 14.8 Å². The molecule has 2 N–H and O–H groups in total. The SMILES string of the molecule is CS(=O)(=O)Nc1cccc(NC(=O)c2cnc(OC3CCOC3)c(Cl)c2)c1. The molecular weight excluding hydrogens is 394 g/mol. The van der Waals surface area contributed by atoms with E-state index in [-0.39, 0.29) is 22.6 Å². The molecule has 2 heterocycles. The lowest BCUT2D eigenvalue weighted by Gasteiger charge is -2.13. The van der Waals surface area contributed by atoms with E-state index in [2.05, 4.69) is 15.0 Å². The zero-order valence-corrected chi connectivity index (χ0v) is 16.0. The minimum absolute atomic E-state index is 0.0974. The number of rotatable bonds is 6. The highest BCUT2D eigenvalue weighted by Crippen LogP contribution is 2.25. The van der Waals surface area contributed by atoms with Crippen LogP contribution in [0.1, 0.15) is 16.8 Å². The predicted octanol–water partition coefficient (Wildman–Crippen LogP) is 2.53. The van der Waals surface area contributed by atoms with Crippen molar-refractivity contribution in [3.05, 3.63) is 47.1 Å². The summed E-state index contributed by atoms with van der Waals surface area (Å²) >= 11 is 6.17. The molecule has 1 aliphatic rings. The molecule has 1 amide bonds. The van der Waals surface area contributed by atoms with Gasteiger partial charge in [0, 0.05) is 18.3 Å². The van der Waals surface area contributed by atoms with E-state index in [9.17, 15) is 13.2 Å². The zero-order chi connectivity index (χ0) is 19.4. The lowest BCUT2D eigenvalue weighted by Crippen LogP contribution is -2.17. The van der Waals surface area contributed by atoms with Crippen LogP contribution in [0, 0.1) is 0 Å². The van der Waals surface area contributed by atoms with Gasteiger partial charge in [-0.1, -0.05) is 17.7 Å². The van der Waals surface area contributed by atoms with E-state index in [0.717, 1.165) is 12.7 Å². The number of hydrogen-bond donors (Lipinski definition) is 2. The predicted molar refractivity (Wildman–Crippen MR) is 102 cm³/mol. The first kappa shape index (κ1) is 19.4. The number of nitrogens with zero attached hydrogens (tertiary/aromatic N) is 1. The van der Waals surface area contributed by atoms with Crippen molar-refractivity contribution in [2.75, 3.05) is 29.5 Å². The molecule has 10 heteroatoms. The fourth-order valence-electron chi connectivity index (χ4n) is 2.48. The first-order chi connectivity index (χ1) is 12.8. The van der Waals surface area contributed by atoms with Gasteiger partial charge < -0.3 is 14.8 Å². The molecule has 1 fully saturated rings. The first-order valence-corrected chi connectivity index (χ1v) is 10.4. The Morgan fingerprint density at radius 1 is 1.33 bits per heavy atom. The summed E-state index contributed by atoms with van der Waals surface area (Å²) in [6, 6.07) is 7.81. The number of sulfonamides is 1.